The summed E-state index contributed by atoms with van der Waals surface area (Å²) in [5, 5.41) is 18.1. The van der Waals surface area contributed by atoms with Crippen LogP contribution in [0.25, 0.3) is 0 Å². The van der Waals surface area contributed by atoms with E-state index in [9.17, 15) is 14.7 Å². The van der Waals surface area contributed by atoms with E-state index in [1.54, 1.807) is 0 Å². The second-order valence-electron chi connectivity index (χ2n) is 11.4. The largest absolute Gasteiger partial charge is 0.392 e. The summed E-state index contributed by atoms with van der Waals surface area (Å²) < 4.78 is 0. The molecule has 3 fully saturated rings. The van der Waals surface area contributed by atoms with E-state index in [2.05, 4.69) is 24.5 Å². The molecule has 0 heterocycles. The first-order valence-electron chi connectivity index (χ1n) is 13.1. The molecule has 5 heteroatoms. The Balaban J connectivity index is 1.40. The van der Waals surface area contributed by atoms with Gasteiger partial charge in [-0.1, -0.05) is 63.9 Å². The van der Waals surface area contributed by atoms with Gasteiger partial charge in [0, 0.05) is 18.0 Å². The minimum atomic E-state index is -0.517. The summed E-state index contributed by atoms with van der Waals surface area (Å²) in [5.74, 6) is 0.203. The topological polar surface area (TPSA) is 78.4 Å². The summed E-state index contributed by atoms with van der Waals surface area (Å²) in [6.07, 6.45) is 8.30. The zero-order valence-electron chi connectivity index (χ0n) is 20.6. The van der Waals surface area contributed by atoms with Crippen LogP contribution in [0.15, 0.2) is 30.3 Å². The second-order valence-corrected chi connectivity index (χ2v) is 11.4. The molecule has 0 bridgehead atoms. The van der Waals surface area contributed by atoms with E-state index in [4.69, 9.17) is 0 Å². The van der Waals surface area contributed by atoms with E-state index >= 15 is 0 Å². The van der Waals surface area contributed by atoms with Gasteiger partial charge in [0.2, 0.25) is 11.8 Å². The Morgan fingerprint density at radius 2 is 1.73 bits per heavy atom. The second kappa shape index (κ2) is 10.2. The third-order valence-corrected chi connectivity index (χ3v) is 9.20. The van der Waals surface area contributed by atoms with Gasteiger partial charge in [0.15, 0.2) is 0 Å². The van der Waals surface area contributed by atoms with Gasteiger partial charge in [0.25, 0.3) is 0 Å². The number of rotatable bonds is 6. The van der Waals surface area contributed by atoms with Crippen LogP contribution < -0.4 is 10.6 Å². The number of fused-ring (bicyclic) bond motifs is 1. The Morgan fingerprint density at radius 3 is 2.42 bits per heavy atom. The summed E-state index contributed by atoms with van der Waals surface area (Å²) >= 11 is 0. The van der Waals surface area contributed by atoms with E-state index in [0.29, 0.717) is 12.5 Å². The van der Waals surface area contributed by atoms with Crippen LogP contribution in [0, 0.1) is 29.1 Å². The van der Waals surface area contributed by atoms with Crippen LogP contribution >= 0.6 is 0 Å². The molecule has 1 unspecified atom stereocenters. The van der Waals surface area contributed by atoms with Crippen LogP contribution in [0.5, 0.6) is 0 Å². The van der Waals surface area contributed by atoms with Gasteiger partial charge in [0.05, 0.1) is 12.5 Å². The van der Waals surface area contributed by atoms with E-state index in [0.717, 1.165) is 44.1 Å². The first-order chi connectivity index (χ1) is 15.8. The average molecular weight is 455 g/mol. The molecule has 3 saturated carbocycles. The van der Waals surface area contributed by atoms with E-state index in [1.807, 2.05) is 37.3 Å². The SMILES string of the molecule is C[C@H]1[C@@H]2[C@@H](O)C([C@H](C)C(=O)NC3CCCC3)CC[C@@]2(C)CC[C@@H]1NC(=O)Cc1ccccc1. The minimum Gasteiger partial charge on any atom is -0.392 e. The van der Waals surface area contributed by atoms with Crippen molar-refractivity contribution in [2.75, 3.05) is 0 Å². The fourth-order valence-electron chi connectivity index (χ4n) is 7.13. The van der Waals surface area contributed by atoms with Crippen LogP contribution in [-0.4, -0.2) is 35.1 Å². The maximum atomic E-state index is 13.0. The highest BCUT2D eigenvalue weighted by atomic mass is 16.3. The quantitative estimate of drug-likeness (QED) is 0.602. The van der Waals surface area contributed by atoms with Crippen molar-refractivity contribution in [3.05, 3.63) is 35.9 Å². The van der Waals surface area contributed by atoms with Gasteiger partial charge in [-0.2, -0.15) is 0 Å². The minimum absolute atomic E-state index is 0.0225. The highest BCUT2D eigenvalue weighted by Gasteiger charge is 2.53. The van der Waals surface area contributed by atoms with Crippen LogP contribution in [0.4, 0.5) is 0 Å². The Morgan fingerprint density at radius 1 is 1.06 bits per heavy atom. The van der Waals surface area contributed by atoms with Gasteiger partial charge in [-0.3, -0.25) is 9.59 Å². The Labute approximate surface area is 199 Å². The zero-order valence-corrected chi connectivity index (χ0v) is 20.6. The van der Waals surface area contributed by atoms with Crippen LogP contribution in [0.1, 0.15) is 77.7 Å². The van der Waals surface area contributed by atoms with Crippen LogP contribution in [-0.2, 0) is 16.0 Å². The molecule has 3 aliphatic carbocycles. The van der Waals surface area contributed by atoms with Crippen molar-refractivity contribution in [3.8, 4) is 0 Å². The summed E-state index contributed by atoms with van der Waals surface area (Å²) in [5.41, 5.74) is 1.08. The number of benzene rings is 1. The van der Waals surface area contributed by atoms with Gasteiger partial charge >= 0.3 is 0 Å². The number of nitrogens with one attached hydrogen (secondary N) is 2. The lowest BCUT2D eigenvalue weighted by atomic mass is 9.51. The van der Waals surface area contributed by atoms with E-state index < -0.39 is 6.10 Å². The number of amides is 2. The average Bonchev–Trinajstić information content (AvgIpc) is 3.29. The predicted octanol–water partition coefficient (Wildman–Crippen LogP) is 4.23. The molecule has 1 aromatic carbocycles. The first-order valence-corrected chi connectivity index (χ1v) is 13.1. The molecule has 0 aliphatic heterocycles. The highest BCUT2D eigenvalue weighted by molar-refractivity contribution is 5.79. The Kier molecular flexibility index (Phi) is 7.47. The van der Waals surface area contributed by atoms with Gasteiger partial charge in [-0.15, -0.1) is 0 Å². The molecule has 0 aromatic heterocycles. The highest BCUT2D eigenvalue weighted by Crippen LogP contribution is 2.55. The third-order valence-electron chi connectivity index (χ3n) is 9.20. The Bertz CT molecular complexity index is 822. The maximum absolute atomic E-state index is 13.0. The van der Waals surface area contributed by atoms with Crippen molar-refractivity contribution in [2.24, 2.45) is 29.1 Å². The predicted molar refractivity (Wildman–Crippen MR) is 130 cm³/mol. The van der Waals surface area contributed by atoms with Gasteiger partial charge in [0.1, 0.15) is 0 Å². The van der Waals surface area contributed by atoms with E-state index in [1.165, 1.54) is 12.8 Å². The molecule has 182 valence electrons. The number of aliphatic hydroxyl groups is 1. The van der Waals surface area contributed by atoms with Gasteiger partial charge < -0.3 is 15.7 Å². The van der Waals surface area contributed by atoms with Crippen molar-refractivity contribution >= 4 is 11.8 Å². The fourth-order valence-corrected chi connectivity index (χ4v) is 7.13. The van der Waals surface area contributed by atoms with Gasteiger partial charge in [-0.25, -0.2) is 0 Å². The standard InChI is InChI=1S/C28H42N2O3/c1-18(27(33)29-21-11-7-8-12-21)22-13-15-28(3)16-14-23(19(2)25(28)26(22)32)30-24(31)17-20-9-5-4-6-10-20/h4-6,9-10,18-19,21-23,25-26,32H,7-8,11-17H2,1-3H3,(H,29,33)(H,30,31)/t18-,19+,22?,23-,25+,26-,28-/m0/s1. The number of carbonyl (C=O) groups excluding carboxylic acids is 2. The summed E-state index contributed by atoms with van der Waals surface area (Å²) in [6.45, 7) is 6.48. The molecule has 5 nitrogen and oxygen atoms in total. The smallest absolute Gasteiger partial charge is 0.224 e. The van der Waals surface area contributed by atoms with Crippen LogP contribution in [0.2, 0.25) is 0 Å². The molecular formula is C28H42N2O3. The lowest BCUT2D eigenvalue weighted by Crippen LogP contribution is -2.58. The fraction of sp³-hybridized carbons (Fsp3) is 0.714. The molecule has 3 aliphatic rings. The van der Waals surface area contributed by atoms with Crippen molar-refractivity contribution < 1.29 is 14.7 Å². The number of hydrogen-bond donors (Lipinski definition) is 3. The molecular weight excluding hydrogens is 412 g/mol. The molecule has 0 radical (unpaired) electrons. The lowest BCUT2D eigenvalue weighted by molar-refractivity contribution is -0.144. The molecule has 0 saturated heterocycles. The van der Waals surface area contributed by atoms with Crippen LogP contribution in [0.3, 0.4) is 0 Å². The van der Waals surface area contributed by atoms with Crippen molar-refractivity contribution in [1.29, 1.82) is 0 Å². The van der Waals surface area contributed by atoms with E-state index in [-0.39, 0.29) is 46.9 Å². The molecule has 2 amide bonds. The molecule has 4 rings (SSSR count). The maximum Gasteiger partial charge on any atom is 0.224 e. The summed E-state index contributed by atoms with van der Waals surface area (Å²) in [6, 6.07) is 10.2. The summed E-state index contributed by atoms with van der Waals surface area (Å²) in [4.78, 5) is 25.7. The van der Waals surface area contributed by atoms with Crippen molar-refractivity contribution in [2.45, 2.75) is 96.7 Å². The molecule has 33 heavy (non-hydrogen) atoms. The van der Waals surface area contributed by atoms with Crippen molar-refractivity contribution in [1.82, 2.24) is 10.6 Å². The molecule has 3 N–H and O–H groups in total. The van der Waals surface area contributed by atoms with Gasteiger partial charge in [-0.05, 0) is 67.3 Å². The summed E-state index contributed by atoms with van der Waals surface area (Å²) in [7, 11) is 0. The van der Waals surface area contributed by atoms with Crippen molar-refractivity contribution in [3.63, 3.8) is 0 Å². The number of aliphatic hydroxyl groups excluding tert-OH is 1. The molecule has 7 atom stereocenters. The number of carbonyl (C=O) groups is 2. The Hall–Kier alpha value is -1.88. The monoisotopic (exact) mass is 454 g/mol. The third kappa shape index (κ3) is 5.29. The molecule has 1 aromatic rings. The molecule has 0 spiro atoms. The number of hydrogen-bond acceptors (Lipinski definition) is 3. The lowest BCUT2D eigenvalue weighted by Gasteiger charge is -2.56. The normalized spacial score (nSPS) is 35.5. The zero-order chi connectivity index (χ0) is 23.6. The first kappa shape index (κ1) is 24.3.